The molecule has 1 heterocycles. The Labute approximate surface area is 125 Å². The van der Waals surface area contributed by atoms with E-state index < -0.39 is 35.5 Å². The number of amides is 1. The van der Waals surface area contributed by atoms with Gasteiger partial charge in [-0.25, -0.2) is 13.6 Å². The van der Waals surface area contributed by atoms with Crippen molar-refractivity contribution in [3.8, 4) is 0 Å². The van der Waals surface area contributed by atoms with E-state index in [9.17, 15) is 23.5 Å². The Hall–Kier alpha value is -2.44. The molecular weight excluding hydrogens is 296 g/mol. The van der Waals surface area contributed by atoms with Gasteiger partial charge in [0, 0.05) is 25.1 Å². The largest absolute Gasteiger partial charge is 0.481 e. The summed E-state index contributed by atoms with van der Waals surface area (Å²) < 4.78 is 31.7. The molecule has 1 aromatic rings. The number of carbonyl (C=O) groups excluding carboxylic acids is 1. The van der Waals surface area contributed by atoms with Crippen LogP contribution in [0.25, 0.3) is 0 Å². The molecule has 0 saturated carbocycles. The van der Waals surface area contributed by atoms with Crippen molar-refractivity contribution in [3.05, 3.63) is 48.1 Å². The van der Waals surface area contributed by atoms with Gasteiger partial charge in [-0.15, -0.1) is 0 Å². The highest BCUT2D eigenvalue weighted by Crippen LogP contribution is 2.34. The van der Waals surface area contributed by atoms with Crippen LogP contribution < -0.4 is 0 Å². The van der Waals surface area contributed by atoms with Crippen LogP contribution >= 0.6 is 0 Å². The number of likely N-dealkylation sites (tertiary alicyclic amines) is 1. The van der Waals surface area contributed by atoms with Crippen LogP contribution in [0.3, 0.4) is 0 Å². The third kappa shape index (κ3) is 3.24. The lowest BCUT2D eigenvalue weighted by molar-refractivity contribution is -0.141. The molecule has 0 unspecified atom stereocenters. The van der Waals surface area contributed by atoms with E-state index >= 15 is 0 Å². The number of benzene rings is 1. The summed E-state index contributed by atoms with van der Waals surface area (Å²) in [5, 5.41) is 9.27. The molecule has 0 aromatic heterocycles. The molecule has 1 aliphatic rings. The zero-order valence-corrected chi connectivity index (χ0v) is 11.7. The Bertz CT molecular complexity index is 605. The maximum Gasteiger partial charge on any atom is 0.410 e. The molecule has 7 heteroatoms. The van der Waals surface area contributed by atoms with Crippen molar-refractivity contribution in [2.75, 3.05) is 19.7 Å². The first-order chi connectivity index (χ1) is 10.4. The highest BCUT2D eigenvalue weighted by Gasteiger charge is 2.42. The Morgan fingerprint density at radius 2 is 2.14 bits per heavy atom. The van der Waals surface area contributed by atoms with Gasteiger partial charge < -0.3 is 14.7 Å². The number of carbonyl (C=O) groups is 2. The molecule has 0 radical (unpaired) electrons. The summed E-state index contributed by atoms with van der Waals surface area (Å²) in [6.45, 7) is 3.32. The van der Waals surface area contributed by atoms with Crippen LogP contribution in [0, 0.1) is 17.6 Å². The Morgan fingerprint density at radius 1 is 1.41 bits per heavy atom. The molecule has 1 aromatic carbocycles. The quantitative estimate of drug-likeness (QED) is 0.867. The summed E-state index contributed by atoms with van der Waals surface area (Å²) in [6.07, 6.45) is 0.705. The molecule has 1 amide bonds. The molecule has 1 fully saturated rings. The second kappa shape index (κ2) is 6.55. The van der Waals surface area contributed by atoms with E-state index in [0.717, 1.165) is 6.07 Å². The summed E-state index contributed by atoms with van der Waals surface area (Å²) in [6, 6.07) is 2.98. The fraction of sp³-hybridized carbons (Fsp3) is 0.333. The predicted molar refractivity (Wildman–Crippen MR) is 73.3 cm³/mol. The number of nitrogens with zero attached hydrogens (tertiary/aromatic N) is 1. The van der Waals surface area contributed by atoms with Crippen molar-refractivity contribution >= 4 is 12.1 Å². The number of carboxylic acids is 1. The molecule has 118 valence electrons. The van der Waals surface area contributed by atoms with Crippen LogP contribution in [0.1, 0.15) is 11.5 Å². The summed E-state index contributed by atoms with van der Waals surface area (Å²) >= 11 is 0. The number of rotatable bonds is 4. The summed E-state index contributed by atoms with van der Waals surface area (Å²) in [7, 11) is 0. The Balaban J connectivity index is 2.23. The van der Waals surface area contributed by atoms with Crippen LogP contribution in [-0.2, 0) is 9.53 Å². The van der Waals surface area contributed by atoms with E-state index in [0.29, 0.717) is 6.07 Å². The topological polar surface area (TPSA) is 66.8 Å². The highest BCUT2D eigenvalue weighted by molar-refractivity contribution is 5.75. The number of halogens is 2. The van der Waals surface area contributed by atoms with E-state index in [1.54, 1.807) is 0 Å². The fourth-order valence-corrected chi connectivity index (χ4v) is 2.54. The third-order valence-electron chi connectivity index (χ3n) is 3.58. The zero-order valence-electron chi connectivity index (χ0n) is 11.7. The number of carboxylic acid groups (broad SMARTS) is 1. The van der Waals surface area contributed by atoms with Gasteiger partial charge in [0.15, 0.2) is 0 Å². The molecule has 22 heavy (non-hydrogen) atoms. The van der Waals surface area contributed by atoms with Crippen LogP contribution in [0.15, 0.2) is 30.9 Å². The Morgan fingerprint density at radius 3 is 2.73 bits per heavy atom. The minimum absolute atomic E-state index is 0.00263. The molecule has 1 saturated heterocycles. The van der Waals surface area contributed by atoms with Crippen molar-refractivity contribution < 1.29 is 28.2 Å². The van der Waals surface area contributed by atoms with Crippen molar-refractivity contribution in [2.45, 2.75) is 5.92 Å². The number of hydrogen-bond donors (Lipinski definition) is 1. The lowest BCUT2D eigenvalue weighted by Gasteiger charge is -2.16. The maximum atomic E-state index is 13.9. The standard InChI is InChI=1S/C15H15F2NO4/c1-2-5-22-15(21)18-7-11(12(8-18)14(19)20)10-4-3-9(16)6-13(10)17/h2-4,6,11-12H,1,5,7-8H2,(H,19,20)/t11-,12+/m1/s1. The van der Waals surface area contributed by atoms with Gasteiger partial charge in [-0.2, -0.15) is 0 Å². The van der Waals surface area contributed by atoms with E-state index in [-0.39, 0.29) is 25.3 Å². The first-order valence-corrected chi connectivity index (χ1v) is 6.64. The van der Waals surface area contributed by atoms with Crippen LogP contribution in [0.2, 0.25) is 0 Å². The zero-order chi connectivity index (χ0) is 16.3. The highest BCUT2D eigenvalue weighted by atomic mass is 19.1. The van der Waals surface area contributed by atoms with Crippen molar-refractivity contribution in [3.63, 3.8) is 0 Å². The summed E-state index contributed by atoms with van der Waals surface area (Å²) in [5.41, 5.74) is 0.0767. The first-order valence-electron chi connectivity index (χ1n) is 6.64. The molecular formula is C15H15F2NO4. The lowest BCUT2D eigenvalue weighted by Crippen LogP contribution is -2.30. The SMILES string of the molecule is C=CCOC(=O)N1C[C@H](C(=O)O)[C@@H](c2ccc(F)cc2F)C1. The normalized spacial score (nSPS) is 20.7. The van der Waals surface area contributed by atoms with Crippen molar-refractivity contribution in [1.82, 2.24) is 4.90 Å². The second-order valence-corrected chi connectivity index (χ2v) is 4.99. The lowest BCUT2D eigenvalue weighted by atomic mass is 9.88. The van der Waals surface area contributed by atoms with Gasteiger partial charge in [0.1, 0.15) is 18.2 Å². The van der Waals surface area contributed by atoms with E-state index in [1.165, 1.54) is 17.0 Å². The first kappa shape index (κ1) is 15.9. The average molecular weight is 311 g/mol. The monoisotopic (exact) mass is 311 g/mol. The molecule has 2 rings (SSSR count). The van der Waals surface area contributed by atoms with E-state index in [2.05, 4.69) is 6.58 Å². The van der Waals surface area contributed by atoms with Gasteiger partial charge in [-0.1, -0.05) is 18.7 Å². The fourth-order valence-electron chi connectivity index (χ4n) is 2.54. The van der Waals surface area contributed by atoms with Gasteiger partial charge in [0.2, 0.25) is 0 Å². The van der Waals surface area contributed by atoms with Gasteiger partial charge in [0.05, 0.1) is 5.92 Å². The smallest absolute Gasteiger partial charge is 0.410 e. The van der Waals surface area contributed by atoms with Crippen LogP contribution in [0.4, 0.5) is 13.6 Å². The molecule has 1 N–H and O–H groups in total. The molecule has 5 nitrogen and oxygen atoms in total. The van der Waals surface area contributed by atoms with Crippen molar-refractivity contribution in [2.24, 2.45) is 5.92 Å². The minimum Gasteiger partial charge on any atom is -0.481 e. The number of ether oxygens (including phenoxy) is 1. The van der Waals surface area contributed by atoms with Gasteiger partial charge in [0.25, 0.3) is 0 Å². The van der Waals surface area contributed by atoms with Gasteiger partial charge in [-0.05, 0) is 11.6 Å². The van der Waals surface area contributed by atoms with Crippen LogP contribution in [-0.4, -0.2) is 41.8 Å². The number of aliphatic carboxylic acids is 1. The third-order valence-corrected chi connectivity index (χ3v) is 3.58. The number of hydrogen-bond acceptors (Lipinski definition) is 3. The van der Waals surface area contributed by atoms with Gasteiger partial charge in [-0.3, -0.25) is 4.79 Å². The molecule has 2 atom stereocenters. The average Bonchev–Trinajstić information content (AvgIpc) is 2.90. The minimum atomic E-state index is -1.15. The van der Waals surface area contributed by atoms with Crippen LogP contribution in [0.5, 0.6) is 0 Å². The molecule has 0 spiro atoms. The Kier molecular flexibility index (Phi) is 4.75. The van der Waals surface area contributed by atoms with Gasteiger partial charge >= 0.3 is 12.1 Å². The van der Waals surface area contributed by atoms with E-state index in [1.807, 2.05) is 0 Å². The summed E-state index contributed by atoms with van der Waals surface area (Å²) in [5.74, 6) is -4.44. The maximum absolute atomic E-state index is 13.9. The van der Waals surface area contributed by atoms with E-state index in [4.69, 9.17) is 4.74 Å². The second-order valence-electron chi connectivity index (χ2n) is 4.99. The molecule has 0 bridgehead atoms. The predicted octanol–water partition coefficient (Wildman–Crippen LogP) is 2.39. The molecule has 1 aliphatic heterocycles. The molecule has 0 aliphatic carbocycles. The summed E-state index contributed by atoms with van der Waals surface area (Å²) in [4.78, 5) is 24.4. The van der Waals surface area contributed by atoms with Crippen molar-refractivity contribution in [1.29, 1.82) is 0 Å².